The Labute approximate surface area is 155 Å². The van der Waals surface area contributed by atoms with Crippen molar-refractivity contribution in [3.05, 3.63) is 30.1 Å². The maximum atomic E-state index is 12.6. The molecule has 2 aliphatic rings. The quantitative estimate of drug-likeness (QED) is 0.880. The van der Waals surface area contributed by atoms with Crippen LogP contribution in [0.15, 0.2) is 24.5 Å². The molecular weight excluding hydrogens is 330 g/mol. The molecule has 142 valence electrons. The normalized spacial score (nSPS) is 24.4. The molecule has 2 saturated heterocycles. The molecule has 3 amide bonds. The van der Waals surface area contributed by atoms with Gasteiger partial charge < -0.3 is 15.1 Å². The average Bonchev–Trinajstić information content (AvgIpc) is 2.74. The summed E-state index contributed by atoms with van der Waals surface area (Å²) in [5, 5.41) is 2.99. The number of urea groups is 1. The van der Waals surface area contributed by atoms with Crippen LogP contribution >= 0.6 is 0 Å². The second-order valence-electron chi connectivity index (χ2n) is 8.02. The minimum atomic E-state index is -0.209. The summed E-state index contributed by atoms with van der Waals surface area (Å²) >= 11 is 0. The van der Waals surface area contributed by atoms with Gasteiger partial charge in [0.2, 0.25) is 5.91 Å². The van der Waals surface area contributed by atoms with E-state index in [-0.39, 0.29) is 23.4 Å². The van der Waals surface area contributed by atoms with Gasteiger partial charge in [0.05, 0.1) is 0 Å². The Kier molecular flexibility index (Phi) is 5.46. The molecule has 0 aromatic carbocycles. The van der Waals surface area contributed by atoms with Crippen molar-refractivity contribution in [2.75, 3.05) is 39.8 Å². The highest BCUT2D eigenvalue weighted by Crippen LogP contribution is 2.34. The number of pyridine rings is 1. The van der Waals surface area contributed by atoms with Crippen LogP contribution in [0.2, 0.25) is 0 Å². The van der Waals surface area contributed by atoms with Gasteiger partial charge in [0.1, 0.15) is 0 Å². The maximum absolute atomic E-state index is 12.6. The van der Waals surface area contributed by atoms with Crippen molar-refractivity contribution < 1.29 is 9.59 Å². The lowest BCUT2D eigenvalue weighted by molar-refractivity contribution is -0.126. The molecule has 7 nitrogen and oxygen atoms in total. The van der Waals surface area contributed by atoms with Crippen molar-refractivity contribution in [2.45, 2.75) is 32.9 Å². The number of aromatic nitrogens is 1. The van der Waals surface area contributed by atoms with Gasteiger partial charge in [-0.05, 0) is 25.5 Å². The first-order chi connectivity index (χ1) is 12.4. The highest BCUT2D eigenvalue weighted by Gasteiger charge is 2.46. The zero-order chi connectivity index (χ0) is 18.7. The predicted molar refractivity (Wildman–Crippen MR) is 99.4 cm³/mol. The fraction of sp³-hybridized carbons (Fsp3) is 0.632. The summed E-state index contributed by atoms with van der Waals surface area (Å²) in [6.45, 7) is 8.29. The number of amides is 3. The Morgan fingerprint density at radius 3 is 2.73 bits per heavy atom. The summed E-state index contributed by atoms with van der Waals surface area (Å²) in [5.74, 6) is 0.164. The van der Waals surface area contributed by atoms with Gasteiger partial charge in [-0.25, -0.2) is 4.79 Å². The van der Waals surface area contributed by atoms with Gasteiger partial charge in [0.15, 0.2) is 0 Å². The van der Waals surface area contributed by atoms with Crippen LogP contribution < -0.4 is 5.32 Å². The fourth-order valence-corrected chi connectivity index (χ4v) is 4.06. The summed E-state index contributed by atoms with van der Waals surface area (Å²) in [5.41, 5.74) is 0.944. The van der Waals surface area contributed by atoms with E-state index in [1.807, 2.05) is 38.1 Å². The molecule has 3 heterocycles. The van der Waals surface area contributed by atoms with E-state index in [1.165, 1.54) is 0 Å². The maximum Gasteiger partial charge on any atom is 0.317 e. The molecule has 7 heteroatoms. The zero-order valence-corrected chi connectivity index (χ0v) is 15.9. The molecule has 1 atom stereocenters. The van der Waals surface area contributed by atoms with Crippen LogP contribution in [-0.4, -0.2) is 77.4 Å². The first-order valence-corrected chi connectivity index (χ1v) is 9.28. The van der Waals surface area contributed by atoms with Crippen LogP contribution in [-0.2, 0) is 11.3 Å². The highest BCUT2D eigenvalue weighted by molar-refractivity contribution is 5.80. The highest BCUT2D eigenvalue weighted by atomic mass is 16.2. The number of nitrogens with one attached hydrogen (secondary N) is 1. The fourth-order valence-electron chi connectivity index (χ4n) is 4.06. The number of hydrogen-bond acceptors (Lipinski definition) is 4. The topological polar surface area (TPSA) is 68.8 Å². The third kappa shape index (κ3) is 4.33. The van der Waals surface area contributed by atoms with E-state index in [4.69, 9.17) is 0 Å². The second kappa shape index (κ2) is 7.61. The van der Waals surface area contributed by atoms with Crippen LogP contribution in [0, 0.1) is 5.41 Å². The molecule has 2 aliphatic heterocycles. The SMILES string of the molecule is CC(C)NC(=O)N1CCN(Cc2cccnc2)CC2(CC(=O)N(C)C2)C1. The molecule has 0 bridgehead atoms. The monoisotopic (exact) mass is 359 g/mol. The van der Waals surface area contributed by atoms with Crippen molar-refractivity contribution in [2.24, 2.45) is 5.41 Å². The molecule has 1 aromatic heterocycles. The molecule has 1 unspecified atom stereocenters. The predicted octanol–water partition coefficient (Wildman–Crippen LogP) is 1.17. The van der Waals surface area contributed by atoms with Crippen LogP contribution in [0.1, 0.15) is 25.8 Å². The van der Waals surface area contributed by atoms with E-state index < -0.39 is 0 Å². The largest absolute Gasteiger partial charge is 0.345 e. The first-order valence-electron chi connectivity index (χ1n) is 9.28. The Hall–Kier alpha value is -2.15. The van der Waals surface area contributed by atoms with Gasteiger partial charge in [-0.2, -0.15) is 0 Å². The van der Waals surface area contributed by atoms with Crippen molar-refractivity contribution >= 4 is 11.9 Å². The average molecular weight is 359 g/mol. The number of hydrogen-bond donors (Lipinski definition) is 1. The van der Waals surface area contributed by atoms with Crippen molar-refractivity contribution in [3.8, 4) is 0 Å². The lowest BCUT2D eigenvalue weighted by Gasteiger charge is -2.33. The third-order valence-corrected chi connectivity index (χ3v) is 5.12. The number of carbonyl (C=O) groups is 2. The molecule has 0 radical (unpaired) electrons. The summed E-state index contributed by atoms with van der Waals surface area (Å²) < 4.78 is 0. The summed E-state index contributed by atoms with van der Waals surface area (Å²) in [4.78, 5) is 35.1. The molecule has 1 spiro atoms. The molecule has 3 rings (SSSR count). The molecular formula is C19H29N5O2. The number of likely N-dealkylation sites (tertiary alicyclic amines) is 1. The van der Waals surface area contributed by atoms with Crippen LogP contribution in [0.4, 0.5) is 4.79 Å². The van der Waals surface area contributed by atoms with E-state index in [9.17, 15) is 9.59 Å². The van der Waals surface area contributed by atoms with E-state index in [0.29, 0.717) is 26.1 Å². The van der Waals surface area contributed by atoms with Crippen molar-refractivity contribution in [1.29, 1.82) is 0 Å². The molecule has 0 saturated carbocycles. The lowest BCUT2D eigenvalue weighted by Crippen LogP contribution is -2.48. The van der Waals surface area contributed by atoms with Gasteiger partial charge in [-0.15, -0.1) is 0 Å². The molecule has 26 heavy (non-hydrogen) atoms. The second-order valence-corrected chi connectivity index (χ2v) is 8.02. The van der Waals surface area contributed by atoms with Gasteiger partial charge in [0, 0.05) is 76.6 Å². The van der Waals surface area contributed by atoms with Gasteiger partial charge in [0.25, 0.3) is 0 Å². The van der Waals surface area contributed by atoms with Crippen LogP contribution in [0.5, 0.6) is 0 Å². The molecule has 1 aromatic rings. The van der Waals surface area contributed by atoms with E-state index in [1.54, 1.807) is 11.1 Å². The van der Waals surface area contributed by atoms with Gasteiger partial charge >= 0.3 is 6.03 Å². The number of nitrogens with zero attached hydrogens (tertiary/aromatic N) is 4. The first kappa shape index (κ1) is 18.6. The minimum Gasteiger partial charge on any atom is -0.345 e. The van der Waals surface area contributed by atoms with Crippen LogP contribution in [0.25, 0.3) is 0 Å². The third-order valence-electron chi connectivity index (χ3n) is 5.12. The summed E-state index contributed by atoms with van der Waals surface area (Å²) in [7, 11) is 1.85. The standard InChI is InChI=1S/C19H29N5O2/c1-15(2)21-18(26)24-8-7-23(11-16-5-4-6-20-10-16)13-19(14-24)9-17(25)22(3)12-19/h4-6,10,15H,7-9,11-14H2,1-3H3,(H,21,26). The Bertz CT molecular complexity index is 651. The number of carbonyl (C=O) groups excluding carboxylic acids is 2. The zero-order valence-electron chi connectivity index (χ0n) is 15.9. The summed E-state index contributed by atoms with van der Waals surface area (Å²) in [6, 6.07) is 4.07. The number of rotatable bonds is 3. The van der Waals surface area contributed by atoms with E-state index in [0.717, 1.165) is 25.2 Å². The Morgan fingerprint density at radius 1 is 1.31 bits per heavy atom. The Balaban J connectivity index is 1.78. The Morgan fingerprint density at radius 2 is 2.12 bits per heavy atom. The molecule has 0 aliphatic carbocycles. The van der Waals surface area contributed by atoms with Crippen LogP contribution in [0.3, 0.4) is 0 Å². The van der Waals surface area contributed by atoms with Crippen molar-refractivity contribution in [3.63, 3.8) is 0 Å². The summed E-state index contributed by atoms with van der Waals surface area (Å²) in [6.07, 6.45) is 4.15. The minimum absolute atomic E-state index is 0.0374. The van der Waals surface area contributed by atoms with E-state index in [2.05, 4.69) is 21.3 Å². The smallest absolute Gasteiger partial charge is 0.317 e. The van der Waals surface area contributed by atoms with E-state index >= 15 is 0 Å². The molecule has 1 N–H and O–H groups in total. The molecule has 2 fully saturated rings. The van der Waals surface area contributed by atoms with Gasteiger partial charge in [-0.1, -0.05) is 6.07 Å². The lowest BCUT2D eigenvalue weighted by atomic mass is 9.86. The van der Waals surface area contributed by atoms with Crippen molar-refractivity contribution in [1.82, 2.24) is 25.0 Å². The van der Waals surface area contributed by atoms with Gasteiger partial charge in [-0.3, -0.25) is 14.7 Å².